The molecule has 0 aromatic carbocycles. The number of thiophene rings is 1. The first-order valence-electron chi connectivity index (χ1n) is 4.96. The van der Waals surface area contributed by atoms with E-state index in [0.29, 0.717) is 5.28 Å². The lowest BCUT2D eigenvalue weighted by Gasteiger charge is -2.11. The van der Waals surface area contributed by atoms with Crippen molar-refractivity contribution in [2.45, 2.75) is 0 Å². The molecule has 2 rings (SSSR count). The highest BCUT2D eigenvalue weighted by atomic mass is 35.5. The van der Waals surface area contributed by atoms with E-state index in [9.17, 15) is 0 Å². The number of anilines is 1. The van der Waals surface area contributed by atoms with Crippen LogP contribution in [-0.2, 0) is 0 Å². The lowest BCUT2D eigenvalue weighted by atomic mass is 10.4. The summed E-state index contributed by atoms with van der Waals surface area (Å²) < 4.78 is 0. The van der Waals surface area contributed by atoms with Crippen molar-refractivity contribution in [3.05, 3.63) is 16.7 Å². The molecule has 0 fully saturated rings. The van der Waals surface area contributed by atoms with Crippen LogP contribution in [0.25, 0.3) is 10.2 Å². The van der Waals surface area contributed by atoms with Gasteiger partial charge in [-0.25, -0.2) is 9.97 Å². The zero-order chi connectivity index (χ0) is 11.5. The maximum absolute atomic E-state index is 5.86. The Morgan fingerprint density at radius 1 is 1.44 bits per heavy atom. The lowest BCUT2D eigenvalue weighted by molar-refractivity contribution is 0.425. The van der Waals surface area contributed by atoms with Crippen molar-refractivity contribution >= 4 is 39.0 Å². The summed E-state index contributed by atoms with van der Waals surface area (Å²) in [4.78, 5) is 11.4. The van der Waals surface area contributed by atoms with Gasteiger partial charge in [-0.15, -0.1) is 11.3 Å². The smallest absolute Gasteiger partial charge is 0.225 e. The maximum Gasteiger partial charge on any atom is 0.225 e. The summed E-state index contributed by atoms with van der Waals surface area (Å²) >= 11 is 7.43. The molecule has 0 aliphatic carbocycles. The van der Waals surface area contributed by atoms with E-state index < -0.39 is 0 Å². The van der Waals surface area contributed by atoms with Gasteiger partial charge < -0.3 is 10.2 Å². The standard InChI is InChI=1S/C10H13ClN4S/c1-15(2)5-4-12-8-7-3-6-16-9(7)14-10(11)13-8/h3,6H,4-5H2,1-2H3,(H,12,13,14). The molecule has 0 radical (unpaired) electrons. The molecule has 0 unspecified atom stereocenters. The number of nitrogens with zero attached hydrogens (tertiary/aromatic N) is 3. The van der Waals surface area contributed by atoms with E-state index in [1.807, 2.05) is 25.5 Å². The van der Waals surface area contributed by atoms with Gasteiger partial charge in [-0.05, 0) is 37.1 Å². The molecule has 0 amide bonds. The molecular weight excluding hydrogens is 244 g/mol. The number of halogens is 1. The summed E-state index contributed by atoms with van der Waals surface area (Å²) in [6, 6.07) is 2.01. The first-order chi connectivity index (χ1) is 7.66. The lowest BCUT2D eigenvalue weighted by Crippen LogP contribution is -2.21. The van der Waals surface area contributed by atoms with Crippen LogP contribution in [0.2, 0.25) is 5.28 Å². The quantitative estimate of drug-likeness (QED) is 0.853. The fourth-order valence-electron chi connectivity index (χ4n) is 1.36. The molecular formula is C10H13ClN4S. The molecule has 6 heteroatoms. The Hall–Kier alpha value is -0.910. The van der Waals surface area contributed by atoms with Gasteiger partial charge in [-0.2, -0.15) is 0 Å². The number of rotatable bonds is 4. The minimum absolute atomic E-state index is 0.294. The third-order valence-electron chi connectivity index (χ3n) is 2.15. The second-order valence-corrected chi connectivity index (χ2v) is 4.94. The van der Waals surface area contributed by atoms with E-state index >= 15 is 0 Å². The first kappa shape index (κ1) is 11.6. The van der Waals surface area contributed by atoms with Crippen LogP contribution in [0.3, 0.4) is 0 Å². The van der Waals surface area contributed by atoms with Crippen LogP contribution in [0.1, 0.15) is 0 Å². The summed E-state index contributed by atoms with van der Waals surface area (Å²) in [6.45, 7) is 1.79. The van der Waals surface area contributed by atoms with Crippen molar-refractivity contribution < 1.29 is 0 Å². The van der Waals surface area contributed by atoms with Crippen LogP contribution in [0.4, 0.5) is 5.82 Å². The Morgan fingerprint density at radius 3 is 3.00 bits per heavy atom. The van der Waals surface area contributed by atoms with E-state index in [0.717, 1.165) is 29.1 Å². The summed E-state index contributed by atoms with van der Waals surface area (Å²) in [5.41, 5.74) is 0. The first-order valence-corrected chi connectivity index (χ1v) is 6.22. The molecule has 0 saturated heterocycles. The van der Waals surface area contributed by atoms with Gasteiger partial charge in [0.15, 0.2) is 0 Å². The van der Waals surface area contributed by atoms with E-state index in [2.05, 4.69) is 20.2 Å². The van der Waals surface area contributed by atoms with Crippen LogP contribution in [0, 0.1) is 0 Å². The Morgan fingerprint density at radius 2 is 2.25 bits per heavy atom. The minimum Gasteiger partial charge on any atom is -0.368 e. The van der Waals surface area contributed by atoms with Gasteiger partial charge in [0.1, 0.15) is 10.6 Å². The van der Waals surface area contributed by atoms with Gasteiger partial charge in [-0.3, -0.25) is 0 Å². The molecule has 0 atom stereocenters. The average Bonchev–Trinajstić information content (AvgIpc) is 2.64. The summed E-state index contributed by atoms with van der Waals surface area (Å²) in [5.74, 6) is 0.818. The molecule has 86 valence electrons. The number of fused-ring (bicyclic) bond motifs is 1. The van der Waals surface area contributed by atoms with Gasteiger partial charge in [0.2, 0.25) is 5.28 Å². The molecule has 0 bridgehead atoms. The van der Waals surface area contributed by atoms with Crippen molar-refractivity contribution in [1.82, 2.24) is 14.9 Å². The van der Waals surface area contributed by atoms with E-state index in [1.54, 1.807) is 11.3 Å². The Labute approximate surface area is 103 Å². The molecule has 0 spiro atoms. The van der Waals surface area contributed by atoms with Crippen molar-refractivity contribution in [3.8, 4) is 0 Å². The molecule has 0 aliphatic heterocycles. The van der Waals surface area contributed by atoms with Crippen LogP contribution >= 0.6 is 22.9 Å². The summed E-state index contributed by atoms with van der Waals surface area (Å²) in [7, 11) is 4.07. The van der Waals surface area contributed by atoms with Crippen molar-refractivity contribution in [2.75, 3.05) is 32.5 Å². The number of hydrogen-bond donors (Lipinski definition) is 1. The Bertz CT molecular complexity index is 483. The van der Waals surface area contributed by atoms with Crippen molar-refractivity contribution in [3.63, 3.8) is 0 Å². The molecule has 4 nitrogen and oxygen atoms in total. The predicted octanol–water partition coefficient (Wildman–Crippen LogP) is 2.32. The highest BCUT2D eigenvalue weighted by Crippen LogP contribution is 2.26. The van der Waals surface area contributed by atoms with E-state index in [-0.39, 0.29) is 0 Å². The normalized spacial score (nSPS) is 11.2. The second-order valence-electron chi connectivity index (χ2n) is 3.71. The fourth-order valence-corrected chi connectivity index (χ4v) is 2.35. The number of aromatic nitrogens is 2. The second kappa shape index (κ2) is 4.95. The Balaban J connectivity index is 2.19. The zero-order valence-corrected chi connectivity index (χ0v) is 10.8. The largest absolute Gasteiger partial charge is 0.368 e. The topological polar surface area (TPSA) is 41.0 Å². The van der Waals surface area contributed by atoms with Gasteiger partial charge in [0.25, 0.3) is 0 Å². The minimum atomic E-state index is 0.294. The van der Waals surface area contributed by atoms with Crippen LogP contribution < -0.4 is 5.32 Å². The van der Waals surface area contributed by atoms with Crippen LogP contribution in [0.15, 0.2) is 11.4 Å². The molecule has 2 aromatic heterocycles. The van der Waals surface area contributed by atoms with Gasteiger partial charge in [-0.1, -0.05) is 0 Å². The Kier molecular flexibility index (Phi) is 3.58. The summed E-state index contributed by atoms with van der Waals surface area (Å²) in [5, 5.41) is 6.60. The van der Waals surface area contributed by atoms with Crippen LogP contribution in [0.5, 0.6) is 0 Å². The zero-order valence-electron chi connectivity index (χ0n) is 9.20. The van der Waals surface area contributed by atoms with Gasteiger partial charge >= 0.3 is 0 Å². The molecule has 2 heterocycles. The monoisotopic (exact) mass is 256 g/mol. The molecule has 0 saturated carbocycles. The highest BCUT2D eigenvalue weighted by Gasteiger charge is 2.06. The SMILES string of the molecule is CN(C)CCNc1nc(Cl)nc2sccc12. The van der Waals surface area contributed by atoms with E-state index in [4.69, 9.17) is 11.6 Å². The number of likely N-dealkylation sites (N-methyl/N-ethyl adjacent to an activating group) is 1. The highest BCUT2D eigenvalue weighted by molar-refractivity contribution is 7.16. The fraction of sp³-hybridized carbons (Fsp3) is 0.400. The molecule has 16 heavy (non-hydrogen) atoms. The average molecular weight is 257 g/mol. The third kappa shape index (κ3) is 2.61. The van der Waals surface area contributed by atoms with E-state index in [1.165, 1.54) is 0 Å². The van der Waals surface area contributed by atoms with Gasteiger partial charge in [0, 0.05) is 13.1 Å². The molecule has 1 N–H and O–H groups in total. The van der Waals surface area contributed by atoms with Gasteiger partial charge in [0.05, 0.1) is 5.39 Å². The van der Waals surface area contributed by atoms with Crippen LogP contribution in [-0.4, -0.2) is 42.1 Å². The molecule has 2 aromatic rings. The number of hydrogen-bond acceptors (Lipinski definition) is 5. The van der Waals surface area contributed by atoms with Crippen molar-refractivity contribution in [2.24, 2.45) is 0 Å². The number of nitrogens with one attached hydrogen (secondary N) is 1. The predicted molar refractivity (Wildman–Crippen MR) is 69.5 cm³/mol. The molecule has 0 aliphatic rings. The summed E-state index contributed by atoms with van der Waals surface area (Å²) in [6.07, 6.45) is 0. The third-order valence-corrected chi connectivity index (χ3v) is 3.12. The maximum atomic E-state index is 5.86. The van der Waals surface area contributed by atoms with Crippen molar-refractivity contribution in [1.29, 1.82) is 0 Å².